The fourth-order valence-electron chi connectivity index (χ4n) is 0.912. The summed E-state index contributed by atoms with van der Waals surface area (Å²) in [5.74, 6) is 0. The van der Waals surface area contributed by atoms with Crippen LogP contribution in [0.15, 0.2) is 4.99 Å². The lowest BCUT2D eigenvalue weighted by molar-refractivity contribution is 0.614. The van der Waals surface area contributed by atoms with E-state index in [1.807, 2.05) is 0 Å². The Morgan fingerprint density at radius 2 is 2.50 bits per heavy atom. The molecule has 0 fully saturated rings. The summed E-state index contributed by atoms with van der Waals surface area (Å²) in [6.07, 6.45) is 3.41. The van der Waals surface area contributed by atoms with Crippen LogP contribution in [0.3, 0.4) is 0 Å². The van der Waals surface area contributed by atoms with Crippen molar-refractivity contribution in [3.63, 3.8) is 0 Å². The Balaban J connectivity index is 2.50. The minimum Gasteiger partial charge on any atom is -0.275 e. The molecule has 0 radical (unpaired) electrons. The minimum atomic E-state index is 0.469. The standard InChI is InChI=1S/C6H10ClN/c1-5-3-2-4-6(7)8-5/h5H,2-4H2,1H3. The summed E-state index contributed by atoms with van der Waals surface area (Å²) in [6, 6.07) is 0.469. The van der Waals surface area contributed by atoms with Crippen LogP contribution >= 0.6 is 11.6 Å². The maximum atomic E-state index is 5.66. The summed E-state index contributed by atoms with van der Waals surface area (Å²) in [5, 5.41) is 0.809. The SMILES string of the molecule is CC1CCCC(Cl)=N1. The van der Waals surface area contributed by atoms with Gasteiger partial charge < -0.3 is 0 Å². The highest BCUT2D eigenvalue weighted by molar-refractivity contribution is 6.65. The highest BCUT2D eigenvalue weighted by atomic mass is 35.5. The van der Waals surface area contributed by atoms with Crippen LogP contribution in [0.25, 0.3) is 0 Å². The molecular formula is C6H10ClN. The summed E-state index contributed by atoms with van der Waals surface area (Å²) in [7, 11) is 0. The van der Waals surface area contributed by atoms with Gasteiger partial charge >= 0.3 is 0 Å². The van der Waals surface area contributed by atoms with Gasteiger partial charge in [0.05, 0.1) is 0 Å². The second-order valence-corrected chi connectivity index (χ2v) is 2.68. The fraction of sp³-hybridized carbons (Fsp3) is 0.833. The number of hydrogen-bond acceptors (Lipinski definition) is 1. The predicted octanol–water partition coefficient (Wildman–Crippen LogP) is 2.20. The Morgan fingerprint density at radius 3 is 2.88 bits per heavy atom. The molecule has 0 aromatic carbocycles. The Kier molecular flexibility index (Phi) is 1.90. The van der Waals surface area contributed by atoms with Gasteiger partial charge in [-0.2, -0.15) is 0 Å². The first kappa shape index (κ1) is 6.09. The Labute approximate surface area is 54.8 Å². The van der Waals surface area contributed by atoms with E-state index >= 15 is 0 Å². The van der Waals surface area contributed by atoms with Crippen LogP contribution in [0.4, 0.5) is 0 Å². The van der Waals surface area contributed by atoms with E-state index in [0.29, 0.717) is 6.04 Å². The maximum absolute atomic E-state index is 5.66. The van der Waals surface area contributed by atoms with Gasteiger partial charge in [0.1, 0.15) is 5.17 Å². The van der Waals surface area contributed by atoms with Gasteiger partial charge in [0.15, 0.2) is 0 Å². The molecule has 1 aliphatic heterocycles. The van der Waals surface area contributed by atoms with Gasteiger partial charge in [-0.05, 0) is 19.8 Å². The number of rotatable bonds is 0. The highest BCUT2D eigenvalue weighted by Crippen LogP contribution is 2.13. The number of aliphatic imine (C=N–C) groups is 1. The first-order chi connectivity index (χ1) is 3.79. The Morgan fingerprint density at radius 1 is 1.75 bits per heavy atom. The van der Waals surface area contributed by atoms with Crippen molar-refractivity contribution in [2.75, 3.05) is 0 Å². The largest absolute Gasteiger partial charge is 0.275 e. The van der Waals surface area contributed by atoms with Crippen molar-refractivity contribution in [1.29, 1.82) is 0 Å². The van der Waals surface area contributed by atoms with Crippen LogP contribution in [0.2, 0.25) is 0 Å². The minimum absolute atomic E-state index is 0.469. The zero-order valence-corrected chi connectivity index (χ0v) is 5.78. The van der Waals surface area contributed by atoms with Gasteiger partial charge in [-0.15, -0.1) is 0 Å². The van der Waals surface area contributed by atoms with Gasteiger partial charge in [-0.1, -0.05) is 11.6 Å². The van der Waals surface area contributed by atoms with E-state index < -0.39 is 0 Å². The van der Waals surface area contributed by atoms with Crippen molar-refractivity contribution >= 4 is 16.8 Å². The molecule has 0 N–H and O–H groups in total. The first-order valence-corrected chi connectivity index (χ1v) is 3.39. The molecule has 0 amide bonds. The zero-order valence-electron chi connectivity index (χ0n) is 5.02. The molecule has 0 aliphatic carbocycles. The third-order valence-electron chi connectivity index (χ3n) is 1.37. The van der Waals surface area contributed by atoms with Crippen molar-refractivity contribution in [2.24, 2.45) is 4.99 Å². The second-order valence-electron chi connectivity index (χ2n) is 2.25. The maximum Gasteiger partial charge on any atom is 0.101 e. The Hall–Kier alpha value is -0.0400. The molecule has 0 saturated heterocycles. The average molecular weight is 132 g/mol. The molecule has 1 atom stereocenters. The number of halogens is 1. The van der Waals surface area contributed by atoms with Crippen molar-refractivity contribution in [3.8, 4) is 0 Å². The molecule has 1 aliphatic rings. The van der Waals surface area contributed by atoms with Gasteiger partial charge in [-0.25, -0.2) is 0 Å². The molecule has 2 heteroatoms. The summed E-state index contributed by atoms with van der Waals surface area (Å²) >= 11 is 5.66. The highest BCUT2D eigenvalue weighted by Gasteiger charge is 2.07. The van der Waals surface area contributed by atoms with E-state index in [1.54, 1.807) is 0 Å². The predicted molar refractivity (Wildman–Crippen MR) is 36.6 cm³/mol. The van der Waals surface area contributed by atoms with Gasteiger partial charge in [0, 0.05) is 12.5 Å². The second kappa shape index (κ2) is 2.49. The topological polar surface area (TPSA) is 12.4 Å². The van der Waals surface area contributed by atoms with Crippen molar-refractivity contribution in [1.82, 2.24) is 0 Å². The van der Waals surface area contributed by atoms with Gasteiger partial charge in [-0.3, -0.25) is 4.99 Å². The number of nitrogens with zero attached hydrogens (tertiary/aromatic N) is 1. The molecule has 0 saturated carbocycles. The van der Waals surface area contributed by atoms with E-state index in [1.165, 1.54) is 12.8 Å². The molecule has 46 valence electrons. The normalized spacial score (nSPS) is 29.8. The van der Waals surface area contributed by atoms with Crippen LogP contribution in [-0.4, -0.2) is 11.2 Å². The van der Waals surface area contributed by atoms with Crippen molar-refractivity contribution in [2.45, 2.75) is 32.2 Å². The monoisotopic (exact) mass is 131 g/mol. The van der Waals surface area contributed by atoms with Crippen LogP contribution in [0.1, 0.15) is 26.2 Å². The molecule has 0 bridgehead atoms. The molecule has 0 spiro atoms. The smallest absolute Gasteiger partial charge is 0.101 e. The van der Waals surface area contributed by atoms with Gasteiger partial charge in [0.25, 0.3) is 0 Å². The third kappa shape index (κ3) is 1.48. The fourth-order valence-corrected chi connectivity index (χ4v) is 1.21. The molecule has 0 aromatic heterocycles. The summed E-state index contributed by atoms with van der Waals surface area (Å²) in [6.45, 7) is 2.10. The number of hydrogen-bond donors (Lipinski definition) is 0. The van der Waals surface area contributed by atoms with E-state index in [0.717, 1.165) is 11.6 Å². The molecule has 1 rings (SSSR count). The zero-order chi connectivity index (χ0) is 5.98. The molecule has 8 heavy (non-hydrogen) atoms. The van der Waals surface area contributed by atoms with E-state index in [4.69, 9.17) is 11.6 Å². The van der Waals surface area contributed by atoms with E-state index in [2.05, 4.69) is 11.9 Å². The van der Waals surface area contributed by atoms with Crippen molar-refractivity contribution in [3.05, 3.63) is 0 Å². The van der Waals surface area contributed by atoms with Crippen LogP contribution in [0, 0.1) is 0 Å². The van der Waals surface area contributed by atoms with Crippen LogP contribution in [0.5, 0.6) is 0 Å². The summed E-state index contributed by atoms with van der Waals surface area (Å²) < 4.78 is 0. The van der Waals surface area contributed by atoms with Crippen LogP contribution in [-0.2, 0) is 0 Å². The van der Waals surface area contributed by atoms with Gasteiger partial charge in [0.2, 0.25) is 0 Å². The summed E-state index contributed by atoms with van der Waals surface area (Å²) in [4.78, 5) is 4.16. The van der Waals surface area contributed by atoms with Crippen LogP contribution < -0.4 is 0 Å². The molecule has 1 nitrogen and oxygen atoms in total. The lowest BCUT2D eigenvalue weighted by Gasteiger charge is -2.11. The van der Waals surface area contributed by atoms with E-state index in [-0.39, 0.29) is 0 Å². The molecule has 1 heterocycles. The first-order valence-electron chi connectivity index (χ1n) is 3.01. The summed E-state index contributed by atoms with van der Waals surface area (Å²) in [5.41, 5.74) is 0. The molecular weight excluding hydrogens is 122 g/mol. The Bertz CT molecular complexity index is 109. The lowest BCUT2D eigenvalue weighted by Crippen LogP contribution is -2.07. The third-order valence-corrected chi connectivity index (χ3v) is 1.65. The molecule has 1 unspecified atom stereocenters. The average Bonchev–Trinajstić information content (AvgIpc) is 1.64. The quantitative estimate of drug-likeness (QED) is 0.478. The van der Waals surface area contributed by atoms with E-state index in [9.17, 15) is 0 Å². The lowest BCUT2D eigenvalue weighted by atomic mass is 10.1. The molecule has 0 aromatic rings. The van der Waals surface area contributed by atoms with Crippen molar-refractivity contribution < 1.29 is 0 Å².